The Morgan fingerprint density at radius 2 is 1.95 bits per heavy atom. The maximum Gasteiger partial charge on any atom is 0.347 e. The minimum atomic E-state index is -0.886. The van der Waals surface area contributed by atoms with Gasteiger partial charge in [0.05, 0.1) is 11.4 Å². The Labute approximate surface area is 127 Å². The summed E-state index contributed by atoms with van der Waals surface area (Å²) >= 11 is 2.96. The summed E-state index contributed by atoms with van der Waals surface area (Å²) in [5.74, 6) is -0.186. The number of nitrogens with zero attached hydrogens (tertiary/aromatic N) is 1. The predicted molar refractivity (Wildman–Crippen MR) is 83.8 cm³/mol. The zero-order chi connectivity index (χ0) is 14.8. The van der Waals surface area contributed by atoms with Gasteiger partial charge in [0.25, 0.3) is 0 Å². The summed E-state index contributed by atoms with van der Waals surface area (Å²) in [4.78, 5) is 17.4. The number of carbonyl (C=O) groups is 1. The largest absolute Gasteiger partial charge is 0.477 e. The Kier molecular flexibility index (Phi) is 4.50. The molecule has 0 aliphatic rings. The van der Waals surface area contributed by atoms with Gasteiger partial charge >= 0.3 is 5.97 Å². The number of benzene rings is 1. The van der Waals surface area contributed by atoms with Gasteiger partial charge in [0.1, 0.15) is 9.88 Å². The van der Waals surface area contributed by atoms with Gasteiger partial charge in [0, 0.05) is 10.3 Å². The first-order chi connectivity index (χ1) is 9.38. The monoisotopic (exact) mass is 307 g/mol. The van der Waals surface area contributed by atoms with Gasteiger partial charge in [-0.05, 0) is 12.1 Å². The number of hydrogen-bond acceptors (Lipinski definition) is 4. The highest BCUT2D eigenvalue weighted by molar-refractivity contribution is 7.98. The molecular weight excluding hydrogens is 290 g/mol. The van der Waals surface area contributed by atoms with Crippen LogP contribution >= 0.6 is 23.1 Å². The summed E-state index contributed by atoms with van der Waals surface area (Å²) < 4.78 is 0. The van der Waals surface area contributed by atoms with Crippen molar-refractivity contribution in [1.82, 2.24) is 4.98 Å². The fourth-order valence-electron chi connectivity index (χ4n) is 1.74. The summed E-state index contributed by atoms with van der Waals surface area (Å²) in [6, 6.07) is 10.1. The van der Waals surface area contributed by atoms with Crippen LogP contribution in [0.1, 0.15) is 41.1 Å². The van der Waals surface area contributed by atoms with Gasteiger partial charge in [0.15, 0.2) is 0 Å². The standard InChI is InChI=1S/C15H17NO2S2/c1-15(2,3)13-12(14(17)18)20-11(16-13)9-19-10-7-5-4-6-8-10/h4-8H,9H2,1-3H3,(H,17,18). The Balaban J connectivity index is 2.19. The minimum Gasteiger partial charge on any atom is -0.477 e. The molecule has 1 aromatic heterocycles. The number of carboxylic acid groups (broad SMARTS) is 1. The van der Waals surface area contributed by atoms with Crippen LogP contribution in [0.15, 0.2) is 35.2 Å². The summed E-state index contributed by atoms with van der Waals surface area (Å²) in [7, 11) is 0. The van der Waals surface area contributed by atoms with E-state index in [0.29, 0.717) is 16.3 Å². The molecular formula is C15H17NO2S2. The lowest BCUT2D eigenvalue weighted by molar-refractivity contribution is 0.0699. The predicted octanol–water partition coefficient (Wildman–Crippen LogP) is 4.43. The minimum absolute atomic E-state index is 0.250. The molecule has 0 amide bonds. The SMILES string of the molecule is CC(C)(C)c1nc(CSc2ccccc2)sc1C(=O)O. The Morgan fingerprint density at radius 1 is 1.30 bits per heavy atom. The highest BCUT2D eigenvalue weighted by atomic mass is 32.2. The fraction of sp³-hybridized carbons (Fsp3) is 0.333. The highest BCUT2D eigenvalue weighted by Gasteiger charge is 2.26. The molecule has 5 heteroatoms. The van der Waals surface area contributed by atoms with Crippen molar-refractivity contribution in [3.05, 3.63) is 45.9 Å². The molecule has 0 aliphatic heterocycles. The van der Waals surface area contributed by atoms with Gasteiger partial charge < -0.3 is 5.11 Å². The molecule has 2 aromatic rings. The fourth-order valence-corrected chi connectivity index (χ4v) is 3.77. The van der Waals surface area contributed by atoms with E-state index >= 15 is 0 Å². The van der Waals surface area contributed by atoms with Crippen LogP contribution in [-0.4, -0.2) is 16.1 Å². The molecule has 3 nitrogen and oxygen atoms in total. The van der Waals surface area contributed by atoms with E-state index in [-0.39, 0.29) is 5.41 Å². The van der Waals surface area contributed by atoms with Gasteiger partial charge in [-0.3, -0.25) is 0 Å². The Bertz CT molecular complexity index is 600. The lowest BCUT2D eigenvalue weighted by Crippen LogP contribution is -2.16. The van der Waals surface area contributed by atoms with Crippen LogP contribution in [0.4, 0.5) is 0 Å². The zero-order valence-electron chi connectivity index (χ0n) is 11.7. The van der Waals surface area contributed by atoms with Crippen LogP contribution in [0.2, 0.25) is 0 Å². The van der Waals surface area contributed by atoms with Crippen molar-refractivity contribution in [2.24, 2.45) is 0 Å². The topological polar surface area (TPSA) is 50.2 Å². The van der Waals surface area contributed by atoms with Crippen molar-refractivity contribution < 1.29 is 9.90 Å². The number of thiazole rings is 1. The quantitative estimate of drug-likeness (QED) is 0.849. The van der Waals surface area contributed by atoms with Crippen LogP contribution in [0.25, 0.3) is 0 Å². The third-order valence-corrected chi connectivity index (χ3v) is 4.93. The summed E-state index contributed by atoms with van der Waals surface area (Å²) in [5, 5.41) is 10.2. The number of rotatable bonds is 4. The second-order valence-corrected chi connectivity index (χ2v) is 7.57. The number of hydrogen-bond donors (Lipinski definition) is 1. The number of aromatic carboxylic acids is 1. The van der Waals surface area contributed by atoms with Crippen LogP contribution in [0, 0.1) is 0 Å². The van der Waals surface area contributed by atoms with Crippen LogP contribution < -0.4 is 0 Å². The van der Waals surface area contributed by atoms with Crippen LogP contribution in [-0.2, 0) is 11.2 Å². The van der Waals surface area contributed by atoms with Crippen LogP contribution in [0.3, 0.4) is 0 Å². The molecule has 0 unspecified atom stereocenters. The van der Waals surface area contributed by atoms with Crippen LogP contribution in [0.5, 0.6) is 0 Å². The van der Waals surface area contributed by atoms with Crippen molar-refractivity contribution in [2.45, 2.75) is 36.8 Å². The first-order valence-electron chi connectivity index (χ1n) is 6.29. The summed E-state index contributed by atoms with van der Waals surface area (Å²) in [5.41, 5.74) is 0.429. The molecule has 106 valence electrons. The lowest BCUT2D eigenvalue weighted by atomic mass is 9.91. The Hall–Kier alpha value is -1.33. The van der Waals surface area contributed by atoms with Gasteiger partial charge in [-0.2, -0.15) is 0 Å². The van der Waals surface area contributed by atoms with E-state index in [1.165, 1.54) is 11.3 Å². The number of carboxylic acids is 1. The maximum absolute atomic E-state index is 11.3. The van der Waals surface area contributed by atoms with Gasteiger partial charge in [-0.25, -0.2) is 9.78 Å². The third-order valence-electron chi connectivity index (χ3n) is 2.68. The van der Waals surface area contributed by atoms with E-state index in [2.05, 4.69) is 4.98 Å². The van der Waals surface area contributed by atoms with Crippen molar-refractivity contribution in [1.29, 1.82) is 0 Å². The average molecular weight is 307 g/mol. The Morgan fingerprint density at radius 3 is 2.45 bits per heavy atom. The molecule has 2 rings (SSSR count). The molecule has 0 saturated carbocycles. The molecule has 20 heavy (non-hydrogen) atoms. The summed E-state index contributed by atoms with van der Waals surface area (Å²) in [6.45, 7) is 5.97. The first-order valence-corrected chi connectivity index (χ1v) is 8.09. The normalized spacial score (nSPS) is 11.6. The van der Waals surface area contributed by atoms with E-state index in [1.807, 2.05) is 51.1 Å². The van der Waals surface area contributed by atoms with Crippen molar-refractivity contribution in [3.8, 4) is 0 Å². The molecule has 0 fully saturated rings. The average Bonchev–Trinajstić information content (AvgIpc) is 2.82. The van der Waals surface area contributed by atoms with Crippen molar-refractivity contribution in [3.63, 3.8) is 0 Å². The van der Waals surface area contributed by atoms with E-state index in [1.54, 1.807) is 11.8 Å². The molecule has 1 heterocycles. The third kappa shape index (κ3) is 3.61. The highest BCUT2D eigenvalue weighted by Crippen LogP contribution is 2.32. The van der Waals surface area contributed by atoms with E-state index in [9.17, 15) is 9.90 Å². The maximum atomic E-state index is 11.3. The zero-order valence-corrected chi connectivity index (χ0v) is 13.3. The molecule has 1 N–H and O–H groups in total. The molecule has 0 bridgehead atoms. The number of aromatic nitrogens is 1. The van der Waals surface area contributed by atoms with Crippen molar-refractivity contribution in [2.75, 3.05) is 0 Å². The smallest absolute Gasteiger partial charge is 0.347 e. The van der Waals surface area contributed by atoms with Gasteiger partial charge in [0.2, 0.25) is 0 Å². The van der Waals surface area contributed by atoms with Gasteiger partial charge in [-0.15, -0.1) is 23.1 Å². The van der Waals surface area contributed by atoms with Gasteiger partial charge in [-0.1, -0.05) is 39.0 Å². The van der Waals surface area contributed by atoms with E-state index in [4.69, 9.17) is 0 Å². The molecule has 0 radical (unpaired) electrons. The molecule has 0 atom stereocenters. The molecule has 0 spiro atoms. The van der Waals surface area contributed by atoms with Crippen molar-refractivity contribution >= 4 is 29.1 Å². The molecule has 0 aliphatic carbocycles. The lowest BCUT2D eigenvalue weighted by Gasteiger charge is -2.16. The second-order valence-electron chi connectivity index (χ2n) is 5.44. The first kappa shape index (κ1) is 15.1. The molecule has 1 aromatic carbocycles. The van der Waals surface area contributed by atoms with E-state index < -0.39 is 5.97 Å². The summed E-state index contributed by atoms with van der Waals surface area (Å²) in [6.07, 6.45) is 0. The second kappa shape index (κ2) is 5.97. The molecule has 0 saturated heterocycles. The van der Waals surface area contributed by atoms with E-state index in [0.717, 1.165) is 9.90 Å². The number of thioether (sulfide) groups is 1.